The van der Waals surface area contributed by atoms with Crippen LogP contribution in [0.3, 0.4) is 0 Å². The summed E-state index contributed by atoms with van der Waals surface area (Å²) >= 11 is 0. The maximum absolute atomic E-state index is 12.2. The molecule has 0 saturated carbocycles. The van der Waals surface area contributed by atoms with Crippen molar-refractivity contribution in [2.45, 2.75) is 53.4 Å². The van der Waals surface area contributed by atoms with Gasteiger partial charge in [-0.05, 0) is 48.9 Å². The van der Waals surface area contributed by atoms with Crippen LogP contribution in [0.5, 0.6) is 0 Å². The minimum atomic E-state index is -0.582. The molecule has 30 heavy (non-hydrogen) atoms. The third-order valence-electron chi connectivity index (χ3n) is 4.93. The summed E-state index contributed by atoms with van der Waals surface area (Å²) in [6, 6.07) is 11.7. The van der Waals surface area contributed by atoms with Gasteiger partial charge in [0.05, 0.1) is 6.42 Å². The number of hydrogen-bond acceptors (Lipinski definition) is 4. The van der Waals surface area contributed by atoms with Crippen molar-refractivity contribution >= 4 is 29.2 Å². The van der Waals surface area contributed by atoms with Gasteiger partial charge >= 0.3 is 5.97 Å². The van der Waals surface area contributed by atoms with E-state index in [4.69, 9.17) is 4.74 Å². The summed E-state index contributed by atoms with van der Waals surface area (Å²) < 4.78 is 5.04. The molecule has 2 aromatic rings. The average molecular weight is 411 g/mol. The molecular formula is C24H30N2O4. The first kappa shape index (κ1) is 23.1. The normalized spacial score (nSPS) is 10.4. The van der Waals surface area contributed by atoms with Crippen LogP contribution >= 0.6 is 0 Å². The van der Waals surface area contributed by atoms with E-state index in [2.05, 4.69) is 10.6 Å². The second-order valence-corrected chi connectivity index (χ2v) is 7.18. The highest BCUT2D eigenvalue weighted by Gasteiger charge is 2.14. The second kappa shape index (κ2) is 11.1. The van der Waals surface area contributed by atoms with Gasteiger partial charge in [0.25, 0.3) is 5.91 Å². The van der Waals surface area contributed by atoms with Gasteiger partial charge in [0.2, 0.25) is 5.91 Å². The van der Waals surface area contributed by atoms with Crippen molar-refractivity contribution in [2.75, 3.05) is 17.2 Å². The largest absolute Gasteiger partial charge is 0.456 e. The zero-order valence-corrected chi connectivity index (χ0v) is 18.1. The van der Waals surface area contributed by atoms with Gasteiger partial charge in [-0.1, -0.05) is 50.2 Å². The number of carbonyl (C=O) groups is 3. The lowest BCUT2D eigenvalue weighted by Gasteiger charge is -2.14. The van der Waals surface area contributed by atoms with E-state index in [1.54, 1.807) is 0 Å². The maximum atomic E-state index is 12.2. The van der Waals surface area contributed by atoms with Crippen LogP contribution in [0.4, 0.5) is 11.4 Å². The van der Waals surface area contributed by atoms with Gasteiger partial charge in [0.15, 0.2) is 6.61 Å². The number of esters is 1. The molecule has 0 radical (unpaired) electrons. The Balaban J connectivity index is 1.81. The first-order valence-corrected chi connectivity index (χ1v) is 10.3. The lowest BCUT2D eigenvalue weighted by molar-refractivity contribution is -0.147. The molecule has 0 bridgehead atoms. The van der Waals surface area contributed by atoms with Crippen LogP contribution in [0, 0.1) is 13.8 Å². The number of aryl methyl sites for hydroxylation is 4. The molecule has 6 nitrogen and oxygen atoms in total. The van der Waals surface area contributed by atoms with Gasteiger partial charge in [-0.3, -0.25) is 14.4 Å². The smallest absolute Gasteiger partial charge is 0.306 e. The van der Waals surface area contributed by atoms with Crippen molar-refractivity contribution in [2.24, 2.45) is 0 Å². The first-order chi connectivity index (χ1) is 14.3. The predicted octanol–water partition coefficient (Wildman–Crippen LogP) is 4.33. The Morgan fingerprint density at radius 2 is 1.30 bits per heavy atom. The minimum Gasteiger partial charge on any atom is -0.456 e. The number of rotatable bonds is 9. The summed E-state index contributed by atoms with van der Waals surface area (Å²) in [5, 5.41) is 5.68. The fourth-order valence-corrected chi connectivity index (χ4v) is 3.23. The molecule has 0 saturated heterocycles. The van der Waals surface area contributed by atoms with Crippen LogP contribution in [0.25, 0.3) is 0 Å². The summed E-state index contributed by atoms with van der Waals surface area (Å²) in [4.78, 5) is 36.3. The number of anilines is 2. The van der Waals surface area contributed by atoms with Crippen LogP contribution in [0.2, 0.25) is 0 Å². The van der Waals surface area contributed by atoms with E-state index < -0.39 is 5.97 Å². The van der Waals surface area contributed by atoms with E-state index in [1.165, 1.54) is 0 Å². The van der Waals surface area contributed by atoms with Crippen LogP contribution in [-0.4, -0.2) is 24.4 Å². The van der Waals surface area contributed by atoms with Crippen molar-refractivity contribution < 1.29 is 19.1 Å². The lowest BCUT2D eigenvalue weighted by Crippen LogP contribution is -2.23. The number of ether oxygens (including phenoxy) is 1. The molecule has 0 fully saturated rings. The molecule has 0 aromatic heterocycles. The van der Waals surface area contributed by atoms with Gasteiger partial charge in [-0.2, -0.15) is 0 Å². The molecule has 0 aliphatic heterocycles. The number of amides is 2. The van der Waals surface area contributed by atoms with Gasteiger partial charge in [0.1, 0.15) is 0 Å². The molecule has 2 amide bonds. The van der Waals surface area contributed by atoms with Crippen molar-refractivity contribution in [1.29, 1.82) is 0 Å². The Labute approximate surface area is 178 Å². The zero-order chi connectivity index (χ0) is 22.1. The van der Waals surface area contributed by atoms with Crippen LogP contribution in [0.1, 0.15) is 48.9 Å². The zero-order valence-electron chi connectivity index (χ0n) is 18.1. The third kappa shape index (κ3) is 6.44. The number of para-hydroxylation sites is 2. The molecule has 0 atom stereocenters. The average Bonchev–Trinajstić information content (AvgIpc) is 2.73. The second-order valence-electron chi connectivity index (χ2n) is 7.18. The summed E-state index contributed by atoms with van der Waals surface area (Å²) in [7, 11) is 0. The molecule has 2 N–H and O–H groups in total. The Morgan fingerprint density at radius 3 is 1.87 bits per heavy atom. The Hall–Kier alpha value is -3.15. The van der Waals surface area contributed by atoms with Crippen LogP contribution in [-0.2, 0) is 32.0 Å². The number of hydrogen-bond donors (Lipinski definition) is 2. The number of nitrogens with one attached hydrogen (secondary N) is 2. The van der Waals surface area contributed by atoms with Crippen LogP contribution < -0.4 is 10.6 Å². The molecule has 2 rings (SSSR count). The van der Waals surface area contributed by atoms with E-state index in [9.17, 15) is 14.4 Å². The lowest BCUT2D eigenvalue weighted by atomic mass is 10.0. The molecule has 0 heterocycles. The maximum Gasteiger partial charge on any atom is 0.306 e. The molecular weight excluding hydrogens is 380 g/mol. The first-order valence-electron chi connectivity index (χ1n) is 10.3. The van der Waals surface area contributed by atoms with E-state index >= 15 is 0 Å². The quantitative estimate of drug-likeness (QED) is 0.603. The van der Waals surface area contributed by atoms with E-state index in [1.807, 2.05) is 64.1 Å². The fraction of sp³-hybridized carbons (Fsp3) is 0.375. The third-order valence-corrected chi connectivity index (χ3v) is 4.93. The van der Waals surface area contributed by atoms with Gasteiger partial charge in [-0.15, -0.1) is 0 Å². The molecule has 2 aromatic carbocycles. The van der Waals surface area contributed by atoms with Crippen molar-refractivity contribution in [3.63, 3.8) is 0 Å². The van der Waals surface area contributed by atoms with E-state index in [0.717, 1.165) is 46.5 Å². The molecule has 0 spiro atoms. The standard InChI is InChI=1S/C24H30N2O4/c1-5-18-11-8-12-19(6-2)24(18)26-21(28)15-30-22(29)14-13-20(27)25-23-16(3)9-7-10-17(23)4/h7-12H,5-6,13-15H2,1-4H3,(H,25,27)(H,26,28). The summed E-state index contributed by atoms with van der Waals surface area (Å²) in [6.07, 6.45) is 1.49. The molecule has 6 heteroatoms. The minimum absolute atomic E-state index is 0.00707. The van der Waals surface area contributed by atoms with Crippen LogP contribution in [0.15, 0.2) is 36.4 Å². The Morgan fingerprint density at radius 1 is 0.767 bits per heavy atom. The van der Waals surface area contributed by atoms with Crippen molar-refractivity contribution in [1.82, 2.24) is 0 Å². The molecule has 0 aliphatic carbocycles. The van der Waals surface area contributed by atoms with E-state index in [-0.39, 0.29) is 31.3 Å². The highest BCUT2D eigenvalue weighted by atomic mass is 16.5. The molecule has 160 valence electrons. The number of benzene rings is 2. The van der Waals surface area contributed by atoms with Crippen molar-refractivity contribution in [3.05, 3.63) is 58.7 Å². The predicted molar refractivity (Wildman–Crippen MR) is 119 cm³/mol. The summed E-state index contributed by atoms with van der Waals surface area (Å²) in [6.45, 7) is 7.49. The summed E-state index contributed by atoms with van der Waals surface area (Å²) in [5.41, 5.74) is 5.55. The summed E-state index contributed by atoms with van der Waals surface area (Å²) in [5.74, 6) is -1.24. The Kier molecular flexibility index (Phi) is 8.59. The SMILES string of the molecule is CCc1cccc(CC)c1NC(=O)COC(=O)CCC(=O)Nc1c(C)cccc1C. The van der Waals surface area contributed by atoms with Crippen molar-refractivity contribution in [3.8, 4) is 0 Å². The van der Waals surface area contributed by atoms with Gasteiger partial charge in [-0.25, -0.2) is 0 Å². The highest BCUT2D eigenvalue weighted by molar-refractivity contribution is 5.95. The molecule has 0 unspecified atom stereocenters. The highest BCUT2D eigenvalue weighted by Crippen LogP contribution is 2.22. The Bertz CT molecular complexity index is 879. The number of carbonyl (C=O) groups excluding carboxylic acids is 3. The van der Waals surface area contributed by atoms with E-state index in [0.29, 0.717) is 0 Å². The fourth-order valence-electron chi connectivity index (χ4n) is 3.23. The molecule has 0 aliphatic rings. The van der Waals surface area contributed by atoms with Gasteiger partial charge < -0.3 is 15.4 Å². The van der Waals surface area contributed by atoms with Gasteiger partial charge in [0, 0.05) is 17.8 Å². The topological polar surface area (TPSA) is 84.5 Å². The monoisotopic (exact) mass is 410 g/mol.